The van der Waals surface area contributed by atoms with Gasteiger partial charge in [0.05, 0.1) is 29.8 Å². The zero-order valence-corrected chi connectivity index (χ0v) is 17.6. The molecule has 1 fully saturated rings. The van der Waals surface area contributed by atoms with Gasteiger partial charge in [0.1, 0.15) is 0 Å². The summed E-state index contributed by atoms with van der Waals surface area (Å²) in [5.74, 6) is 0.193. The van der Waals surface area contributed by atoms with Crippen LogP contribution in [0.1, 0.15) is 47.5 Å². The Labute approximate surface area is 167 Å². The van der Waals surface area contributed by atoms with Crippen LogP contribution in [0.5, 0.6) is 0 Å². The molecule has 6 heteroatoms. The smallest absolute Gasteiger partial charge is 0.269 e. The van der Waals surface area contributed by atoms with Crippen molar-refractivity contribution in [2.75, 3.05) is 19.8 Å². The Hall–Kier alpha value is -1.92. The van der Waals surface area contributed by atoms with Gasteiger partial charge in [-0.25, -0.2) is 0 Å². The summed E-state index contributed by atoms with van der Waals surface area (Å²) in [4.78, 5) is 13.6. The fourth-order valence-corrected chi connectivity index (χ4v) is 4.44. The number of hydrogen-bond acceptors (Lipinski definition) is 5. The Morgan fingerprint density at radius 1 is 1.43 bits per heavy atom. The van der Waals surface area contributed by atoms with Crippen molar-refractivity contribution in [1.82, 2.24) is 4.90 Å². The molecule has 1 N–H and O–H groups in total. The lowest BCUT2D eigenvalue weighted by Crippen LogP contribution is -2.41. The minimum Gasteiger partial charge on any atom is -0.395 e. The number of fused-ring (bicyclic) bond motifs is 1. The highest BCUT2D eigenvalue weighted by Crippen LogP contribution is 2.45. The van der Waals surface area contributed by atoms with Gasteiger partial charge in [-0.2, -0.15) is 0 Å². The SMILES string of the molecule is C=C1[C@@H](CN2C(C(C)(C)CO)=CC3=CC([N+](=O)[O-])=C(CC)CC32)COC1(C)C. The van der Waals surface area contributed by atoms with Crippen LogP contribution in [0.15, 0.2) is 46.8 Å². The first-order chi connectivity index (χ1) is 13.0. The van der Waals surface area contributed by atoms with Gasteiger partial charge in [0.25, 0.3) is 5.70 Å². The van der Waals surface area contributed by atoms with Gasteiger partial charge in [-0.05, 0) is 43.9 Å². The maximum Gasteiger partial charge on any atom is 0.269 e. The van der Waals surface area contributed by atoms with Crippen LogP contribution in [0.3, 0.4) is 0 Å². The molecule has 3 rings (SSSR count). The van der Waals surface area contributed by atoms with Crippen molar-refractivity contribution < 1.29 is 14.8 Å². The number of nitro groups is 1. The molecule has 2 heterocycles. The highest BCUT2D eigenvalue weighted by molar-refractivity contribution is 5.46. The van der Waals surface area contributed by atoms with E-state index in [4.69, 9.17) is 4.74 Å². The monoisotopic (exact) mass is 388 g/mol. The number of allylic oxidation sites excluding steroid dienone is 1. The summed E-state index contributed by atoms with van der Waals surface area (Å²) in [7, 11) is 0. The Morgan fingerprint density at radius 3 is 2.61 bits per heavy atom. The third kappa shape index (κ3) is 3.44. The van der Waals surface area contributed by atoms with E-state index in [1.807, 2.05) is 40.7 Å². The third-order valence-corrected chi connectivity index (χ3v) is 6.52. The largest absolute Gasteiger partial charge is 0.395 e. The van der Waals surface area contributed by atoms with Crippen LogP contribution in [-0.4, -0.2) is 46.3 Å². The van der Waals surface area contributed by atoms with Crippen LogP contribution in [0.2, 0.25) is 0 Å². The Bertz CT molecular complexity index is 788. The van der Waals surface area contributed by atoms with Crippen LogP contribution < -0.4 is 0 Å². The summed E-state index contributed by atoms with van der Waals surface area (Å²) < 4.78 is 5.94. The van der Waals surface area contributed by atoms with E-state index in [2.05, 4.69) is 11.5 Å². The average Bonchev–Trinajstić information content (AvgIpc) is 3.13. The molecular weight excluding hydrogens is 356 g/mol. The van der Waals surface area contributed by atoms with Crippen LogP contribution in [0.4, 0.5) is 0 Å². The molecule has 0 aromatic heterocycles. The lowest BCUT2D eigenvalue weighted by Gasteiger charge is -2.39. The van der Waals surface area contributed by atoms with E-state index in [-0.39, 0.29) is 34.8 Å². The molecule has 0 spiro atoms. The first-order valence-electron chi connectivity index (χ1n) is 10.0. The van der Waals surface area contributed by atoms with Gasteiger partial charge in [0.2, 0.25) is 0 Å². The van der Waals surface area contributed by atoms with Crippen molar-refractivity contribution in [2.24, 2.45) is 11.3 Å². The second-order valence-corrected chi connectivity index (χ2v) is 9.23. The number of aliphatic hydroxyl groups is 1. The second-order valence-electron chi connectivity index (χ2n) is 9.23. The first kappa shape index (κ1) is 20.8. The number of hydrogen-bond donors (Lipinski definition) is 1. The van der Waals surface area contributed by atoms with Gasteiger partial charge >= 0.3 is 0 Å². The van der Waals surface area contributed by atoms with Crippen LogP contribution in [0, 0.1) is 21.4 Å². The summed E-state index contributed by atoms with van der Waals surface area (Å²) in [6.45, 7) is 15.7. The third-order valence-electron chi connectivity index (χ3n) is 6.52. The lowest BCUT2D eigenvalue weighted by atomic mass is 9.87. The van der Waals surface area contributed by atoms with E-state index >= 15 is 0 Å². The first-order valence-corrected chi connectivity index (χ1v) is 10.0. The Balaban J connectivity index is 1.97. The van der Waals surface area contributed by atoms with Crippen molar-refractivity contribution in [3.05, 3.63) is 57.0 Å². The maximum absolute atomic E-state index is 11.5. The summed E-state index contributed by atoms with van der Waals surface area (Å²) in [6, 6.07) is 0.0657. The molecule has 28 heavy (non-hydrogen) atoms. The van der Waals surface area contributed by atoms with Gasteiger partial charge in [-0.1, -0.05) is 27.4 Å². The molecule has 2 atom stereocenters. The van der Waals surface area contributed by atoms with Gasteiger partial charge in [-0.3, -0.25) is 10.1 Å². The van der Waals surface area contributed by atoms with Gasteiger partial charge in [0.15, 0.2) is 0 Å². The van der Waals surface area contributed by atoms with Crippen molar-refractivity contribution >= 4 is 0 Å². The molecule has 0 aromatic rings. The molecule has 0 bridgehead atoms. The van der Waals surface area contributed by atoms with E-state index in [0.717, 1.165) is 29.0 Å². The second kappa shape index (κ2) is 7.16. The average molecular weight is 389 g/mol. The summed E-state index contributed by atoms with van der Waals surface area (Å²) in [5, 5.41) is 21.5. The predicted octanol–water partition coefficient (Wildman–Crippen LogP) is 3.83. The van der Waals surface area contributed by atoms with Gasteiger partial charge < -0.3 is 14.7 Å². The zero-order chi connectivity index (χ0) is 20.9. The van der Waals surface area contributed by atoms with Crippen molar-refractivity contribution in [1.29, 1.82) is 0 Å². The Kier molecular flexibility index (Phi) is 5.32. The highest BCUT2D eigenvalue weighted by Gasteiger charge is 2.44. The highest BCUT2D eigenvalue weighted by atomic mass is 16.6. The van der Waals surface area contributed by atoms with Crippen LogP contribution >= 0.6 is 0 Å². The minimum atomic E-state index is -0.435. The standard InChI is InChI=1S/C22H32N2O4/c1-7-15-8-18-16(9-19(15)24(26)27)10-20(21(3,4)13-25)23(18)11-17-12-28-22(5,6)14(17)2/h9-10,17-18,25H,2,7-8,11-13H2,1,3-6H3/t17-,18?/m0/s1. The molecule has 2 aliphatic heterocycles. The van der Waals surface area contributed by atoms with Gasteiger partial charge in [-0.15, -0.1) is 0 Å². The fourth-order valence-electron chi connectivity index (χ4n) is 4.44. The van der Waals surface area contributed by atoms with E-state index < -0.39 is 5.41 Å². The van der Waals surface area contributed by atoms with E-state index in [9.17, 15) is 15.2 Å². The number of ether oxygens (including phenoxy) is 1. The lowest BCUT2D eigenvalue weighted by molar-refractivity contribution is -0.420. The number of rotatable bonds is 6. The molecule has 0 radical (unpaired) electrons. The summed E-state index contributed by atoms with van der Waals surface area (Å²) >= 11 is 0. The van der Waals surface area contributed by atoms with Crippen LogP contribution in [0.25, 0.3) is 0 Å². The van der Waals surface area contributed by atoms with Gasteiger partial charge in [0, 0.05) is 35.2 Å². The van der Waals surface area contributed by atoms with Crippen molar-refractivity contribution in [3.8, 4) is 0 Å². The minimum absolute atomic E-state index is 0.0130. The maximum atomic E-state index is 11.5. The molecule has 0 saturated carbocycles. The molecule has 154 valence electrons. The number of aliphatic hydroxyl groups excluding tert-OH is 1. The number of nitrogens with zero attached hydrogens (tertiary/aromatic N) is 2. The molecule has 0 amide bonds. The van der Waals surface area contributed by atoms with Crippen molar-refractivity contribution in [2.45, 2.75) is 59.1 Å². The zero-order valence-electron chi connectivity index (χ0n) is 17.6. The summed E-state index contributed by atoms with van der Waals surface area (Å²) in [6.07, 6.45) is 5.07. The van der Waals surface area contributed by atoms with Crippen LogP contribution in [-0.2, 0) is 4.74 Å². The molecule has 1 aliphatic carbocycles. The van der Waals surface area contributed by atoms with E-state index in [1.165, 1.54) is 0 Å². The molecular formula is C22H32N2O4. The predicted molar refractivity (Wildman–Crippen MR) is 109 cm³/mol. The molecule has 3 aliphatic rings. The molecule has 1 unspecified atom stereocenters. The quantitative estimate of drug-likeness (QED) is 0.425. The normalized spacial score (nSPS) is 27.1. The van der Waals surface area contributed by atoms with Crippen molar-refractivity contribution in [3.63, 3.8) is 0 Å². The molecule has 1 saturated heterocycles. The van der Waals surface area contributed by atoms with E-state index in [0.29, 0.717) is 19.4 Å². The molecule has 0 aromatic carbocycles. The summed E-state index contributed by atoms with van der Waals surface area (Å²) in [5.41, 5.74) is 3.41. The molecule has 6 nitrogen and oxygen atoms in total. The van der Waals surface area contributed by atoms with E-state index in [1.54, 1.807) is 6.08 Å². The Morgan fingerprint density at radius 2 is 2.11 bits per heavy atom. The topological polar surface area (TPSA) is 75.8 Å². The fraction of sp³-hybridized carbons (Fsp3) is 0.636.